The highest BCUT2D eigenvalue weighted by Crippen LogP contribution is 2.39. The maximum Gasteiger partial charge on any atom is 0.266 e. The Morgan fingerprint density at radius 3 is 2.61 bits per heavy atom. The molecular formula is C24H20ClNO3S2. The van der Waals surface area contributed by atoms with E-state index in [0.717, 1.165) is 16.5 Å². The molecule has 0 spiro atoms. The van der Waals surface area contributed by atoms with Gasteiger partial charge in [-0.3, -0.25) is 9.69 Å². The highest BCUT2D eigenvalue weighted by Gasteiger charge is 2.30. The Morgan fingerprint density at radius 1 is 1.13 bits per heavy atom. The summed E-state index contributed by atoms with van der Waals surface area (Å²) in [5, 5.41) is 2.75. The van der Waals surface area contributed by atoms with Crippen LogP contribution in [0.5, 0.6) is 11.5 Å². The molecule has 158 valence electrons. The number of likely N-dealkylation sites (N-methyl/N-ethyl adjacent to an activating group) is 1. The van der Waals surface area contributed by atoms with Crippen molar-refractivity contribution in [2.45, 2.75) is 13.5 Å². The van der Waals surface area contributed by atoms with Crippen LogP contribution in [0.1, 0.15) is 18.1 Å². The van der Waals surface area contributed by atoms with Crippen LogP contribution < -0.4 is 9.47 Å². The number of benzene rings is 3. The van der Waals surface area contributed by atoms with E-state index in [1.54, 1.807) is 30.2 Å². The molecule has 0 aromatic heterocycles. The molecule has 4 rings (SSSR count). The van der Waals surface area contributed by atoms with Crippen LogP contribution in [-0.4, -0.2) is 28.8 Å². The third-order valence-corrected chi connectivity index (χ3v) is 6.59. The lowest BCUT2D eigenvalue weighted by Gasteiger charge is -2.14. The molecule has 0 atom stereocenters. The van der Waals surface area contributed by atoms with Crippen molar-refractivity contribution in [3.63, 3.8) is 0 Å². The maximum absolute atomic E-state index is 12.5. The van der Waals surface area contributed by atoms with Crippen LogP contribution in [0.3, 0.4) is 0 Å². The van der Waals surface area contributed by atoms with Crippen molar-refractivity contribution in [3.8, 4) is 11.5 Å². The van der Waals surface area contributed by atoms with Crippen molar-refractivity contribution in [3.05, 3.63) is 75.7 Å². The second-order valence-electron chi connectivity index (χ2n) is 6.93. The molecule has 1 aliphatic heterocycles. The van der Waals surface area contributed by atoms with Gasteiger partial charge < -0.3 is 9.47 Å². The van der Waals surface area contributed by atoms with E-state index in [0.29, 0.717) is 38.9 Å². The van der Waals surface area contributed by atoms with Gasteiger partial charge in [0.2, 0.25) is 0 Å². The molecule has 1 amide bonds. The first kappa shape index (κ1) is 21.7. The summed E-state index contributed by atoms with van der Waals surface area (Å²) in [7, 11) is 1.56. The summed E-state index contributed by atoms with van der Waals surface area (Å²) in [6, 6.07) is 18.0. The molecule has 1 saturated heterocycles. The Morgan fingerprint density at radius 2 is 1.90 bits per heavy atom. The van der Waals surface area contributed by atoms with Crippen molar-refractivity contribution < 1.29 is 14.3 Å². The van der Waals surface area contributed by atoms with E-state index in [1.807, 2.05) is 25.1 Å². The zero-order chi connectivity index (χ0) is 22.0. The summed E-state index contributed by atoms with van der Waals surface area (Å²) in [4.78, 5) is 14.6. The maximum atomic E-state index is 12.5. The molecule has 1 aliphatic rings. The van der Waals surface area contributed by atoms with E-state index in [4.69, 9.17) is 33.3 Å². The van der Waals surface area contributed by atoms with Crippen LogP contribution in [0.25, 0.3) is 16.8 Å². The fourth-order valence-corrected chi connectivity index (χ4v) is 5.03. The molecule has 0 saturated carbocycles. The average Bonchev–Trinajstić information content (AvgIpc) is 3.04. The fraction of sp³-hybridized carbons (Fsp3) is 0.167. The van der Waals surface area contributed by atoms with Crippen LogP contribution in [0, 0.1) is 0 Å². The predicted octanol–water partition coefficient (Wildman–Crippen LogP) is 6.30. The molecule has 1 heterocycles. The number of halogens is 1. The van der Waals surface area contributed by atoms with E-state index >= 15 is 0 Å². The molecule has 3 aromatic rings. The lowest BCUT2D eigenvalue weighted by atomic mass is 10.1. The molecule has 0 unspecified atom stereocenters. The molecule has 7 heteroatoms. The number of amides is 1. The average molecular weight is 470 g/mol. The lowest BCUT2D eigenvalue weighted by molar-refractivity contribution is -0.121. The van der Waals surface area contributed by atoms with Gasteiger partial charge in [0.25, 0.3) is 5.91 Å². The predicted molar refractivity (Wildman–Crippen MR) is 132 cm³/mol. The van der Waals surface area contributed by atoms with Crippen molar-refractivity contribution in [1.29, 1.82) is 0 Å². The highest BCUT2D eigenvalue weighted by atomic mass is 35.5. The van der Waals surface area contributed by atoms with Gasteiger partial charge in [0, 0.05) is 6.54 Å². The number of carbonyl (C=O) groups is 1. The van der Waals surface area contributed by atoms with E-state index < -0.39 is 0 Å². The van der Waals surface area contributed by atoms with Gasteiger partial charge in [0.05, 0.1) is 17.0 Å². The van der Waals surface area contributed by atoms with Crippen molar-refractivity contribution in [2.24, 2.45) is 0 Å². The number of hydrogen-bond acceptors (Lipinski definition) is 5. The van der Waals surface area contributed by atoms with Crippen molar-refractivity contribution in [2.75, 3.05) is 13.7 Å². The smallest absolute Gasteiger partial charge is 0.266 e. The first-order valence-corrected chi connectivity index (χ1v) is 11.3. The first-order chi connectivity index (χ1) is 15.0. The van der Waals surface area contributed by atoms with Crippen molar-refractivity contribution >= 4 is 62.7 Å². The largest absolute Gasteiger partial charge is 0.493 e. The van der Waals surface area contributed by atoms with Gasteiger partial charge in [-0.05, 0) is 53.1 Å². The number of methoxy groups -OCH3 is 1. The number of hydrogen-bond donors (Lipinski definition) is 0. The van der Waals surface area contributed by atoms with Crippen molar-refractivity contribution in [1.82, 2.24) is 4.90 Å². The van der Waals surface area contributed by atoms with Gasteiger partial charge in [-0.1, -0.05) is 72.0 Å². The van der Waals surface area contributed by atoms with Crippen LogP contribution in [0.4, 0.5) is 0 Å². The minimum Gasteiger partial charge on any atom is -0.493 e. The van der Waals surface area contributed by atoms with Gasteiger partial charge in [-0.15, -0.1) is 0 Å². The quantitative estimate of drug-likeness (QED) is 0.313. The summed E-state index contributed by atoms with van der Waals surface area (Å²) in [5.41, 5.74) is 1.78. The normalized spacial score (nSPS) is 15.2. The number of thioether (sulfide) groups is 1. The lowest BCUT2D eigenvalue weighted by Crippen LogP contribution is -2.27. The van der Waals surface area contributed by atoms with E-state index in [2.05, 4.69) is 24.3 Å². The summed E-state index contributed by atoms with van der Waals surface area (Å²) < 4.78 is 12.1. The number of carbonyl (C=O) groups excluding carboxylic acids is 1. The number of rotatable bonds is 6. The Kier molecular flexibility index (Phi) is 6.51. The Labute approximate surface area is 195 Å². The standard InChI is InChI=1S/C24H20ClNO3S2/c1-3-26-23(27)21(31-24(26)30)13-16-11-19(25)22(20(12-16)28-2)29-14-15-8-9-17-6-4-5-7-18(17)10-15/h4-13H,3,14H2,1-2H3. The van der Waals surface area contributed by atoms with Crippen LogP contribution in [0.2, 0.25) is 5.02 Å². The molecule has 4 nitrogen and oxygen atoms in total. The molecule has 0 N–H and O–H groups in total. The number of fused-ring (bicyclic) bond motifs is 1. The van der Waals surface area contributed by atoms with E-state index in [9.17, 15) is 4.79 Å². The second-order valence-corrected chi connectivity index (χ2v) is 9.01. The van der Waals surface area contributed by atoms with E-state index in [1.165, 1.54) is 17.1 Å². The van der Waals surface area contributed by atoms with Gasteiger partial charge in [0.1, 0.15) is 10.9 Å². The fourth-order valence-electron chi connectivity index (χ4n) is 3.37. The zero-order valence-electron chi connectivity index (χ0n) is 17.1. The second kappa shape index (κ2) is 9.30. The van der Waals surface area contributed by atoms with Crippen LogP contribution in [-0.2, 0) is 11.4 Å². The zero-order valence-corrected chi connectivity index (χ0v) is 19.4. The molecule has 0 radical (unpaired) electrons. The van der Waals surface area contributed by atoms with E-state index in [-0.39, 0.29) is 5.91 Å². The summed E-state index contributed by atoms with van der Waals surface area (Å²) in [6.45, 7) is 2.80. The van der Waals surface area contributed by atoms with Crippen LogP contribution in [0.15, 0.2) is 59.5 Å². The molecule has 1 fully saturated rings. The summed E-state index contributed by atoms with van der Waals surface area (Å²) in [5.74, 6) is 0.880. The SMILES string of the molecule is CCN1C(=O)C(=Cc2cc(Cl)c(OCc3ccc4ccccc4c3)c(OC)c2)SC1=S. The minimum atomic E-state index is -0.0933. The number of thiocarbonyl (C=S) groups is 1. The number of nitrogens with zero attached hydrogens (tertiary/aromatic N) is 1. The Bertz CT molecular complexity index is 1210. The molecule has 0 bridgehead atoms. The third-order valence-electron chi connectivity index (χ3n) is 4.94. The summed E-state index contributed by atoms with van der Waals surface area (Å²) >= 11 is 13.1. The Balaban J connectivity index is 1.57. The monoisotopic (exact) mass is 469 g/mol. The molecule has 0 aliphatic carbocycles. The highest BCUT2D eigenvalue weighted by molar-refractivity contribution is 8.26. The molecular weight excluding hydrogens is 450 g/mol. The Hall–Kier alpha value is -2.54. The van der Waals surface area contributed by atoms with Crippen LogP contribution >= 0.6 is 35.6 Å². The topological polar surface area (TPSA) is 38.8 Å². The first-order valence-electron chi connectivity index (χ1n) is 9.73. The van der Waals surface area contributed by atoms with Gasteiger partial charge in [-0.2, -0.15) is 0 Å². The van der Waals surface area contributed by atoms with Gasteiger partial charge in [0.15, 0.2) is 11.5 Å². The van der Waals surface area contributed by atoms with Gasteiger partial charge >= 0.3 is 0 Å². The number of ether oxygens (including phenoxy) is 2. The third kappa shape index (κ3) is 4.56. The van der Waals surface area contributed by atoms with Gasteiger partial charge in [-0.25, -0.2) is 0 Å². The molecule has 31 heavy (non-hydrogen) atoms. The summed E-state index contributed by atoms with van der Waals surface area (Å²) in [6.07, 6.45) is 1.77. The molecule has 3 aromatic carbocycles. The minimum absolute atomic E-state index is 0.0933.